The van der Waals surface area contributed by atoms with Gasteiger partial charge in [0, 0.05) is 6.61 Å². The van der Waals surface area contributed by atoms with Crippen molar-refractivity contribution in [2.75, 3.05) is 6.61 Å². The summed E-state index contributed by atoms with van der Waals surface area (Å²) in [6.45, 7) is 5.56. The van der Waals surface area contributed by atoms with Gasteiger partial charge in [-0.05, 0) is 37.7 Å². The van der Waals surface area contributed by atoms with Gasteiger partial charge in [0.2, 0.25) is 5.91 Å². The summed E-state index contributed by atoms with van der Waals surface area (Å²) in [6.07, 6.45) is 16.5. The van der Waals surface area contributed by atoms with Crippen LogP contribution in [0.2, 0.25) is 0 Å². The summed E-state index contributed by atoms with van der Waals surface area (Å²) in [5.74, 6) is -0.0303. The molecule has 2 rings (SSSR count). The first kappa shape index (κ1) is 30.8. The Balaban J connectivity index is 1.82. The smallest absolute Gasteiger partial charge is 0.222 e. The van der Waals surface area contributed by atoms with Crippen molar-refractivity contribution in [2.45, 2.75) is 148 Å². The maximum atomic E-state index is 13.1. The lowest BCUT2D eigenvalue weighted by molar-refractivity contribution is -0.128. The van der Waals surface area contributed by atoms with Gasteiger partial charge >= 0.3 is 0 Å². The Kier molecular flexibility index (Phi) is 16.8. The molecule has 1 aromatic rings. The molecule has 5 nitrogen and oxygen atoms in total. The summed E-state index contributed by atoms with van der Waals surface area (Å²) in [5, 5.41) is 14.1. The van der Waals surface area contributed by atoms with Crippen LogP contribution in [-0.4, -0.2) is 42.0 Å². The van der Waals surface area contributed by atoms with E-state index in [9.17, 15) is 9.90 Å². The van der Waals surface area contributed by atoms with E-state index >= 15 is 0 Å². The molecule has 5 heteroatoms. The van der Waals surface area contributed by atoms with Gasteiger partial charge in [-0.3, -0.25) is 4.79 Å². The first-order chi connectivity index (χ1) is 17.6. The van der Waals surface area contributed by atoms with Gasteiger partial charge in [-0.2, -0.15) is 0 Å². The van der Waals surface area contributed by atoms with Gasteiger partial charge in [0.15, 0.2) is 0 Å². The average Bonchev–Trinajstić information content (AvgIpc) is 2.91. The topological polar surface area (TPSA) is 67.8 Å². The summed E-state index contributed by atoms with van der Waals surface area (Å²) in [5.41, 5.74) is 1.13. The van der Waals surface area contributed by atoms with E-state index in [0.717, 1.165) is 50.5 Å². The standard InChI is InChI=1S/C31H53NO4/c1-3-5-6-7-8-9-10-11-15-21-27(36-25-26-19-13-12-14-20-26)24-30(33)32-28(18-4-2)31(34)29-22-16-17-23-35-29/h12-14,19-20,27-29,31,34H,3-11,15-18,21-25H2,1-2H3,(H,32,33)/t27-,28-,29?,31?/m1/s1. The van der Waals surface area contributed by atoms with E-state index in [2.05, 4.69) is 31.3 Å². The third-order valence-corrected chi connectivity index (χ3v) is 7.33. The summed E-state index contributed by atoms with van der Waals surface area (Å²) >= 11 is 0. The van der Waals surface area contributed by atoms with Gasteiger partial charge in [0.25, 0.3) is 0 Å². The van der Waals surface area contributed by atoms with Crippen LogP contribution in [0.5, 0.6) is 0 Å². The van der Waals surface area contributed by atoms with E-state index in [1.807, 2.05) is 18.2 Å². The number of hydrogen-bond donors (Lipinski definition) is 2. The van der Waals surface area contributed by atoms with Crippen LogP contribution in [0.25, 0.3) is 0 Å². The highest BCUT2D eigenvalue weighted by molar-refractivity contribution is 5.76. The maximum Gasteiger partial charge on any atom is 0.222 e. The van der Waals surface area contributed by atoms with Crippen LogP contribution in [0.15, 0.2) is 30.3 Å². The van der Waals surface area contributed by atoms with Gasteiger partial charge in [0.05, 0.1) is 31.3 Å². The lowest BCUT2D eigenvalue weighted by Crippen LogP contribution is -2.50. The quantitative estimate of drug-likeness (QED) is 0.186. The van der Waals surface area contributed by atoms with E-state index in [-0.39, 0.29) is 24.2 Å². The zero-order valence-electron chi connectivity index (χ0n) is 23.1. The molecule has 1 heterocycles. The van der Waals surface area contributed by atoms with Crippen LogP contribution in [0.3, 0.4) is 0 Å². The summed E-state index contributed by atoms with van der Waals surface area (Å²) in [7, 11) is 0. The molecule has 1 amide bonds. The van der Waals surface area contributed by atoms with Gasteiger partial charge in [-0.1, -0.05) is 108 Å². The largest absolute Gasteiger partial charge is 0.388 e. The third kappa shape index (κ3) is 13.2. The Bertz CT molecular complexity index is 662. The number of carbonyl (C=O) groups excluding carboxylic acids is 1. The van der Waals surface area contributed by atoms with Gasteiger partial charge in [-0.15, -0.1) is 0 Å². The molecule has 2 N–H and O–H groups in total. The number of carbonyl (C=O) groups is 1. The molecule has 1 fully saturated rings. The van der Waals surface area contributed by atoms with Crippen LogP contribution in [0.1, 0.15) is 122 Å². The molecular weight excluding hydrogens is 450 g/mol. The average molecular weight is 504 g/mol. The minimum atomic E-state index is -0.657. The minimum absolute atomic E-state index is 0.0303. The number of rotatable bonds is 20. The van der Waals surface area contributed by atoms with E-state index in [1.54, 1.807) is 0 Å². The third-order valence-electron chi connectivity index (χ3n) is 7.33. The van der Waals surface area contributed by atoms with Crippen LogP contribution in [0, 0.1) is 0 Å². The fourth-order valence-corrected chi connectivity index (χ4v) is 5.12. The molecule has 4 atom stereocenters. The van der Waals surface area contributed by atoms with Crippen molar-refractivity contribution >= 4 is 5.91 Å². The Hall–Kier alpha value is -1.43. The first-order valence-electron chi connectivity index (χ1n) is 14.9. The highest BCUT2D eigenvalue weighted by atomic mass is 16.5. The first-order valence-corrected chi connectivity index (χ1v) is 14.9. The molecule has 36 heavy (non-hydrogen) atoms. The van der Waals surface area contributed by atoms with E-state index in [1.165, 1.54) is 51.4 Å². The van der Waals surface area contributed by atoms with Crippen molar-refractivity contribution in [1.82, 2.24) is 5.32 Å². The molecule has 1 saturated heterocycles. The van der Waals surface area contributed by atoms with Gasteiger partial charge < -0.3 is 19.9 Å². The number of aliphatic hydroxyl groups is 1. The lowest BCUT2D eigenvalue weighted by atomic mass is 9.95. The number of ether oxygens (including phenoxy) is 2. The molecule has 1 aliphatic rings. The van der Waals surface area contributed by atoms with Gasteiger partial charge in [0.1, 0.15) is 6.10 Å². The molecule has 0 aromatic heterocycles. The Morgan fingerprint density at radius 3 is 2.31 bits per heavy atom. The Morgan fingerprint density at radius 2 is 1.67 bits per heavy atom. The Morgan fingerprint density at radius 1 is 0.972 bits per heavy atom. The molecule has 0 saturated carbocycles. The number of nitrogens with one attached hydrogen (secondary N) is 1. The fourth-order valence-electron chi connectivity index (χ4n) is 5.12. The molecule has 0 radical (unpaired) electrons. The van der Waals surface area contributed by atoms with Crippen molar-refractivity contribution in [3.63, 3.8) is 0 Å². The second-order valence-electron chi connectivity index (χ2n) is 10.6. The number of unbranched alkanes of at least 4 members (excludes halogenated alkanes) is 8. The van der Waals surface area contributed by atoms with Crippen LogP contribution >= 0.6 is 0 Å². The number of aliphatic hydroxyl groups excluding tert-OH is 1. The molecular formula is C31H53NO4. The molecule has 1 aromatic carbocycles. The lowest BCUT2D eigenvalue weighted by Gasteiger charge is -2.33. The summed E-state index contributed by atoms with van der Waals surface area (Å²) < 4.78 is 12.0. The Labute approximate surface area is 220 Å². The SMILES string of the molecule is CCCCCCCCCCC[C@H](CC(=O)N[C@H](CCC)C(O)C1CCCCO1)OCc1ccccc1. The summed E-state index contributed by atoms with van der Waals surface area (Å²) in [6, 6.07) is 9.90. The molecule has 0 spiro atoms. The van der Waals surface area contributed by atoms with Crippen molar-refractivity contribution < 1.29 is 19.4 Å². The van der Waals surface area contributed by atoms with Crippen LogP contribution in [-0.2, 0) is 20.9 Å². The predicted octanol–water partition coefficient (Wildman–Crippen LogP) is 7.10. The second-order valence-corrected chi connectivity index (χ2v) is 10.6. The number of amides is 1. The van der Waals surface area contributed by atoms with E-state index in [4.69, 9.17) is 9.47 Å². The highest BCUT2D eigenvalue weighted by Gasteiger charge is 2.30. The normalized spacial score (nSPS) is 18.5. The maximum absolute atomic E-state index is 13.1. The molecule has 206 valence electrons. The van der Waals surface area contributed by atoms with Gasteiger partial charge in [-0.25, -0.2) is 0 Å². The number of hydrogen-bond acceptors (Lipinski definition) is 4. The predicted molar refractivity (Wildman–Crippen MR) is 148 cm³/mol. The molecule has 2 unspecified atom stereocenters. The summed E-state index contributed by atoms with van der Waals surface area (Å²) in [4.78, 5) is 13.1. The minimum Gasteiger partial charge on any atom is -0.388 e. The monoisotopic (exact) mass is 503 g/mol. The van der Waals surface area contributed by atoms with Crippen molar-refractivity contribution in [3.05, 3.63) is 35.9 Å². The van der Waals surface area contributed by atoms with E-state index in [0.29, 0.717) is 19.6 Å². The second kappa shape index (κ2) is 19.7. The highest BCUT2D eigenvalue weighted by Crippen LogP contribution is 2.21. The molecule has 1 aliphatic heterocycles. The zero-order chi connectivity index (χ0) is 25.8. The van der Waals surface area contributed by atoms with Crippen molar-refractivity contribution in [3.8, 4) is 0 Å². The zero-order valence-corrected chi connectivity index (χ0v) is 23.1. The van der Waals surface area contributed by atoms with Crippen LogP contribution < -0.4 is 5.32 Å². The van der Waals surface area contributed by atoms with Crippen molar-refractivity contribution in [2.24, 2.45) is 0 Å². The number of benzene rings is 1. The molecule has 0 bridgehead atoms. The molecule has 0 aliphatic carbocycles. The van der Waals surface area contributed by atoms with Crippen LogP contribution in [0.4, 0.5) is 0 Å². The van der Waals surface area contributed by atoms with E-state index < -0.39 is 6.10 Å². The fraction of sp³-hybridized carbons (Fsp3) is 0.774. The van der Waals surface area contributed by atoms with Crippen molar-refractivity contribution in [1.29, 1.82) is 0 Å².